The smallest absolute Gasteiger partial charge is 0.315 e. The number of nitrogens with zero attached hydrogens (tertiary/aromatic N) is 2. The minimum atomic E-state index is 0.516. The van der Waals surface area contributed by atoms with E-state index in [2.05, 4.69) is 27.8 Å². The van der Waals surface area contributed by atoms with E-state index >= 15 is 0 Å². The Morgan fingerprint density at radius 1 is 1.05 bits per heavy atom. The SMILES string of the molecule is CCCCCCCCNc1nnc(CNCCOC)o1. The standard InChI is InChI=1S/C14H28N4O2/c1-3-4-5-6-7-8-9-16-14-18-17-13(20-14)12-15-10-11-19-2/h15H,3-12H2,1-2H3,(H,16,18). The molecule has 0 aliphatic heterocycles. The summed E-state index contributed by atoms with van der Waals surface area (Å²) in [6.07, 6.45) is 7.69. The molecule has 0 atom stereocenters. The van der Waals surface area contributed by atoms with Crippen LogP contribution in [-0.4, -0.2) is 37.0 Å². The van der Waals surface area contributed by atoms with E-state index < -0.39 is 0 Å². The van der Waals surface area contributed by atoms with Crippen LogP contribution >= 0.6 is 0 Å². The maximum absolute atomic E-state index is 5.47. The van der Waals surface area contributed by atoms with E-state index in [9.17, 15) is 0 Å². The predicted octanol–water partition coefficient (Wildman–Crippen LogP) is 2.58. The highest BCUT2D eigenvalue weighted by molar-refractivity contribution is 5.16. The van der Waals surface area contributed by atoms with Gasteiger partial charge in [0.2, 0.25) is 5.89 Å². The van der Waals surface area contributed by atoms with Gasteiger partial charge in [-0.25, -0.2) is 0 Å². The van der Waals surface area contributed by atoms with Gasteiger partial charge in [-0.2, -0.15) is 0 Å². The number of unbranched alkanes of at least 4 members (excludes halogenated alkanes) is 5. The lowest BCUT2D eigenvalue weighted by Gasteiger charge is -2.01. The number of rotatable bonds is 13. The first kappa shape index (κ1) is 16.9. The monoisotopic (exact) mass is 284 g/mol. The Labute approximate surface area is 121 Å². The van der Waals surface area contributed by atoms with Crippen molar-refractivity contribution in [1.82, 2.24) is 15.5 Å². The molecule has 1 rings (SSSR count). The third kappa shape index (κ3) is 8.12. The quantitative estimate of drug-likeness (QED) is 0.542. The first-order valence-electron chi connectivity index (χ1n) is 7.62. The Bertz CT molecular complexity index is 331. The van der Waals surface area contributed by atoms with Crippen LogP contribution in [0.25, 0.3) is 0 Å². The lowest BCUT2D eigenvalue weighted by atomic mass is 10.1. The zero-order valence-electron chi connectivity index (χ0n) is 12.8. The van der Waals surface area contributed by atoms with Crippen LogP contribution in [0.4, 0.5) is 6.01 Å². The largest absolute Gasteiger partial charge is 0.407 e. The Morgan fingerprint density at radius 2 is 1.85 bits per heavy atom. The molecule has 0 spiro atoms. The van der Waals surface area contributed by atoms with Crippen LogP contribution in [0.1, 0.15) is 51.3 Å². The second kappa shape index (κ2) is 11.7. The van der Waals surface area contributed by atoms with Crippen molar-refractivity contribution in [2.24, 2.45) is 0 Å². The summed E-state index contributed by atoms with van der Waals surface area (Å²) in [7, 11) is 1.68. The molecule has 20 heavy (non-hydrogen) atoms. The van der Waals surface area contributed by atoms with Gasteiger partial charge in [-0.15, -0.1) is 5.10 Å². The molecule has 0 saturated heterocycles. The molecule has 1 heterocycles. The molecule has 0 fully saturated rings. The van der Waals surface area contributed by atoms with Crippen LogP contribution in [0, 0.1) is 0 Å². The Hall–Kier alpha value is -1.14. The van der Waals surface area contributed by atoms with Gasteiger partial charge < -0.3 is 19.8 Å². The summed E-state index contributed by atoms with van der Waals surface area (Å²) >= 11 is 0. The summed E-state index contributed by atoms with van der Waals surface area (Å²) in [5.74, 6) is 0.603. The van der Waals surface area contributed by atoms with Crippen molar-refractivity contribution in [1.29, 1.82) is 0 Å². The molecule has 0 saturated carbocycles. The summed E-state index contributed by atoms with van der Waals surface area (Å²) in [4.78, 5) is 0. The van der Waals surface area contributed by atoms with Gasteiger partial charge in [-0.1, -0.05) is 44.1 Å². The Morgan fingerprint density at radius 3 is 2.65 bits per heavy atom. The van der Waals surface area contributed by atoms with E-state index in [-0.39, 0.29) is 0 Å². The topological polar surface area (TPSA) is 72.2 Å². The van der Waals surface area contributed by atoms with Crippen molar-refractivity contribution >= 4 is 6.01 Å². The van der Waals surface area contributed by atoms with Crippen LogP contribution in [-0.2, 0) is 11.3 Å². The number of aromatic nitrogens is 2. The predicted molar refractivity (Wildman–Crippen MR) is 79.7 cm³/mol. The van der Waals surface area contributed by atoms with Gasteiger partial charge in [0.1, 0.15) is 0 Å². The zero-order chi connectivity index (χ0) is 14.5. The number of anilines is 1. The molecule has 0 aromatic carbocycles. The van der Waals surface area contributed by atoms with Crippen LogP contribution in [0.5, 0.6) is 0 Å². The van der Waals surface area contributed by atoms with Crippen molar-refractivity contribution in [3.63, 3.8) is 0 Å². The summed E-state index contributed by atoms with van der Waals surface area (Å²) in [6, 6.07) is 0.516. The van der Waals surface area contributed by atoms with E-state index in [0.717, 1.165) is 19.5 Å². The number of methoxy groups -OCH3 is 1. The van der Waals surface area contributed by atoms with Crippen molar-refractivity contribution in [3.05, 3.63) is 5.89 Å². The van der Waals surface area contributed by atoms with Gasteiger partial charge in [-0.3, -0.25) is 0 Å². The fourth-order valence-corrected chi connectivity index (χ4v) is 1.87. The van der Waals surface area contributed by atoms with E-state index in [1.165, 1.54) is 32.1 Å². The van der Waals surface area contributed by atoms with Crippen LogP contribution < -0.4 is 10.6 Å². The number of hydrogen-bond acceptors (Lipinski definition) is 6. The van der Waals surface area contributed by atoms with Gasteiger partial charge in [0.25, 0.3) is 0 Å². The molecule has 6 nitrogen and oxygen atoms in total. The zero-order valence-corrected chi connectivity index (χ0v) is 12.8. The maximum Gasteiger partial charge on any atom is 0.315 e. The molecule has 6 heteroatoms. The third-order valence-corrected chi connectivity index (χ3v) is 3.03. The molecular formula is C14H28N4O2. The van der Waals surface area contributed by atoms with E-state index in [1.807, 2.05) is 0 Å². The van der Waals surface area contributed by atoms with Crippen LogP contribution in [0.15, 0.2) is 4.42 Å². The first-order valence-corrected chi connectivity index (χ1v) is 7.62. The van der Waals surface area contributed by atoms with Gasteiger partial charge in [0.15, 0.2) is 0 Å². The molecule has 1 aromatic heterocycles. The second-order valence-electron chi connectivity index (χ2n) is 4.87. The first-order chi connectivity index (χ1) is 9.86. The summed E-state index contributed by atoms with van der Waals surface area (Å²) in [5.41, 5.74) is 0. The molecular weight excluding hydrogens is 256 g/mol. The lowest BCUT2D eigenvalue weighted by Crippen LogP contribution is -2.18. The highest BCUT2D eigenvalue weighted by atomic mass is 16.5. The number of nitrogens with one attached hydrogen (secondary N) is 2. The highest BCUT2D eigenvalue weighted by Gasteiger charge is 2.04. The minimum absolute atomic E-state index is 0.516. The van der Waals surface area contributed by atoms with Crippen molar-refractivity contribution in [2.75, 3.05) is 32.1 Å². The van der Waals surface area contributed by atoms with E-state index in [4.69, 9.17) is 9.15 Å². The maximum atomic E-state index is 5.47. The summed E-state index contributed by atoms with van der Waals surface area (Å²) < 4.78 is 10.4. The number of ether oxygens (including phenoxy) is 1. The Kier molecular flexibility index (Phi) is 9.87. The van der Waals surface area contributed by atoms with Crippen LogP contribution in [0.2, 0.25) is 0 Å². The molecule has 0 amide bonds. The fraction of sp³-hybridized carbons (Fsp3) is 0.857. The lowest BCUT2D eigenvalue weighted by molar-refractivity contribution is 0.198. The Balaban J connectivity index is 2.02. The van der Waals surface area contributed by atoms with Gasteiger partial charge in [0.05, 0.1) is 13.2 Å². The molecule has 0 unspecified atom stereocenters. The summed E-state index contributed by atoms with van der Waals surface area (Å²) in [5, 5.41) is 14.3. The average Bonchev–Trinajstić information content (AvgIpc) is 2.90. The molecule has 2 N–H and O–H groups in total. The second-order valence-corrected chi connectivity index (χ2v) is 4.87. The molecule has 1 aromatic rings. The third-order valence-electron chi connectivity index (χ3n) is 3.03. The molecule has 0 bridgehead atoms. The molecule has 0 aliphatic rings. The van der Waals surface area contributed by atoms with Gasteiger partial charge in [-0.05, 0) is 6.42 Å². The van der Waals surface area contributed by atoms with Crippen molar-refractivity contribution in [2.45, 2.75) is 52.0 Å². The van der Waals surface area contributed by atoms with Crippen molar-refractivity contribution < 1.29 is 9.15 Å². The average molecular weight is 284 g/mol. The molecule has 0 aliphatic carbocycles. The molecule has 116 valence electrons. The summed E-state index contributed by atoms with van der Waals surface area (Å²) in [6.45, 7) is 5.16. The van der Waals surface area contributed by atoms with E-state index in [1.54, 1.807) is 7.11 Å². The normalized spacial score (nSPS) is 10.9. The van der Waals surface area contributed by atoms with Crippen molar-refractivity contribution in [3.8, 4) is 0 Å². The van der Waals surface area contributed by atoms with Gasteiger partial charge in [0, 0.05) is 20.2 Å². The molecule has 0 radical (unpaired) electrons. The fourth-order valence-electron chi connectivity index (χ4n) is 1.87. The number of hydrogen-bond donors (Lipinski definition) is 2. The van der Waals surface area contributed by atoms with Gasteiger partial charge >= 0.3 is 6.01 Å². The van der Waals surface area contributed by atoms with Crippen LogP contribution in [0.3, 0.4) is 0 Å². The highest BCUT2D eigenvalue weighted by Crippen LogP contribution is 2.07. The van der Waals surface area contributed by atoms with E-state index in [0.29, 0.717) is 25.1 Å². The minimum Gasteiger partial charge on any atom is -0.407 e.